The molecule has 2 heterocycles. The monoisotopic (exact) mass is 267 g/mol. The molecule has 1 aromatic rings. The van der Waals surface area contributed by atoms with Crippen molar-refractivity contribution in [1.82, 2.24) is 14.5 Å². The zero-order valence-electron chi connectivity index (χ0n) is 11.5. The topological polar surface area (TPSA) is 67.6 Å². The highest BCUT2D eigenvalue weighted by atomic mass is 16.5. The maximum atomic E-state index is 12.3. The van der Waals surface area contributed by atoms with Crippen LogP contribution in [0.3, 0.4) is 0 Å². The van der Waals surface area contributed by atoms with Gasteiger partial charge in [0, 0.05) is 31.3 Å². The van der Waals surface area contributed by atoms with Gasteiger partial charge in [-0.2, -0.15) is 0 Å². The number of aryl methyl sites for hydroxylation is 1. The van der Waals surface area contributed by atoms with E-state index in [0.717, 1.165) is 11.4 Å². The zero-order chi connectivity index (χ0) is 13.8. The Balaban J connectivity index is 2.00. The van der Waals surface area contributed by atoms with Gasteiger partial charge in [-0.15, -0.1) is 0 Å². The van der Waals surface area contributed by atoms with Crippen molar-refractivity contribution in [2.45, 2.75) is 20.4 Å². The smallest absolute Gasteiger partial charge is 0.242 e. The maximum Gasteiger partial charge on any atom is 0.242 e. The molecule has 1 atom stereocenters. The van der Waals surface area contributed by atoms with Crippen molar-refractivity contribution in [2.75, 3.05) is 32.9 Å². The molecule has 1 aliphatic heterocycles. The zero-order valence-corrected chi connectivity index (χ0v) is 11.5. The van der Waals surface area contributed by atoms with Gasteiger partial charge < -0.3 is 19.3 Å². The quantitative estimate of drug-likeness (QED) is 0.835. The highest BCUT2D eigenvalue weighted by molar-refractivity contribution is 5.76. The van der Waals surface area contributed by atoms with Crippen molar-refractivity contribution in [3.05, 3.63) is 17.7 Å². The lowest BCUT2D eigenvalue weighted by atomic mass is 10.1. The Bertz CT molecular complexity index is 444. The van der Waals surface area contributed by atoms with Crippen LogP contribution in [-0.4, -0.2) is 58.4 Å². The lowest BCUT2D eigenvalue weighted by Crippen LogP contribution is -2.38. The number of rotatable bonds is 3. The van der Waals surface area contributed by atoms with Crippen LogP contribution in [0, 0.1) is 19.8 Å². The third-order valence-electron chi connectivity index (χ3n) is 3.60. The van der Waals surface area contributed by atoms with E-state index < -0.39 is 0 Å². The van der Waals surface area contributed by atoms with E-state index in [1.165, 1.54) is 0 Å². The molecule has 0 saturated carbocycles. The summed E-state index contributed by atoms with van der Waals surface area (Å²) >= 11 is 0. The van der Waals surface area contributed by atoms with Gasteiger partial charge in [0.15, 0.2) is 0 Å². The fraction of sp³-hybridized carbons (Fsp3) is 0.692. The number of aromatic nitrogens is 2. The first-order chi connectivity index (χ1) is 9.11. The molecule has 6 nitrogen and oxygen atoms in total. The molecule has 1 saturated heterocycles. The Morgan fingerprint density at radius 3 is 3.00 bits per heavy atom. The number of amides is 1. The third-order valence-corrected chi connectivity index (χ3v) is 3.60. The van der Waals surface area contributed by atoms with Crippen LogP contribution >= 0.6 is 0 Å². The van der Waals surface area contributed by atoms with Gasteiger partial charge in [-0.25, -0.2) is 4.98 Å². The van der Waals surface area contributed by atoms with Crippen LogP contribution in [0.2, 0.25) is 0 Å². The van der Waals surface area contributed by atoms with E-state index in [0.29, 0.717) is 32.8 Å². The molecule has 1 aromatic heterocycles. The molecule has 6 heteroatoms. The second kappa shape index (κ2) is 6.16. The highest BCUT2D eigenvalue weighted by Gasteiger charge is 2.22. The van der Waals surface area contributed by atoms with Crippen molar-refractivity contribution < 1.29 is 14.6 Å². The lowest BCUT2D eigenvalue weighted by molar-refractivity contribution is -0.132. The standard InChI is InChI=1S/C13H21N3O3/c1-10-11(2)16(9-14-10)6-13(18)15-3-4-19-8-12(5-15)7-17/h9,12,17H,3-8H2,1-2H3. The Morgan fingerprint density at radius 2 is 2.37 bits per heavy atom. The largest absolute Gasteiger partial charge is 0.396 e. The first kappa shape index (κ1) is 14.0. The fourth-order valence-electron chi connectivity index (χ4n) is 2.17. The van der Waals surface area contributed by atoms with E-state index in [4.69, 9.17) is 4.74 Å². The molecule has 0 aromatic carbocycles. The molecule has 1 amide bonds. The number of aliphatic hydroxyl groups is 1. The predicted octanol–water partition coefficient (Wildman–Crippen LogP) is -0.0328. The third kappa shape index (κ3) is 3.33. The van der Waals surface area contributed by atoms with Crippen molar-refractivity contribution in [3.63, 3.8) is 0 Å². The summed E-state index contributed by atoms with van der Waals surface area (Å²) < 4.78 is 7.24. The van der Waals surface area contributed by atoms with Gasteiger partial charge in [0.05, 0.1) is 25.2 Å². The molecule has 0 aliphatic carbocycles. The number of ether oxygens (including phenoxy) is 1. The minimum atomic E-state index is 0.0112. The van der Waals surface area contributed by atoms with Crippen LogP contribution < -0.4 is 0 Å². The maximum absolute atomic E-state index is 12.3. The number of nitrogens with zero attached hydrogens (tertiary/aromatic N) is 3. The molecule has 2 rings (SSSR count). The minimum absolute atomic E-state index is 0.0112. The van der Waals surface area contributed by atoms with Crippen LogP contribution in [0.1, 0.15) is 11.4 Å². The van der Waals surface area contributed by atoms with Gasteiger partial charge in [0.1, 0.15) is 6.54 Å². The number of carbonyl (C=O) groups excluding carboxylic acids is 1. The van der Waals surface area contributed by atoms with Gasteiger partial charge in [-0.05, 0) is 13.8 Å². The van der Waals surface area contributed by atoms with E-state index in [1.54, 1.807) is 11.2 Å². The second-order valence-corrected chi connectivity index (χ2v) is 5.01. The van der Waals surface area contributed by atoms with Crippen molar-refractivity contribution >= 4 is 5.91 Å². The molecule has 1 aliphatic rings. The van der Waals surface area contributed by atoms with Gasteiger partial charge in [0.25, 0.3) is 0 Å². The molecule has 0 radical (unpaired) electrons. The number of imidazole rings is 1. The molecule has 106 valence electrons. The molecule has 1 N–H and O–H groups in total. The molecule has 1 unspecified atom stereocenters. The Morgan fingerprint density at radius 1 is 1.58 bits per heavy atom. The Labute approximate surface area is 113 Å². The normalized spacial score (nSPS) is 20.4. The van der Waals surface area contributed by atoms with Crippen LogP contribution in [0.15, 0.2) is 6.33 Å². The molecule has 19 heavy (non-hydrogen) atoms. The summed E-state index contributed by atoms with van der Waals surface area (Å²) in [6.07, 6.45) is 1.69. The van der Waals surface area contributed by atoms with Gasteiger partial charge in [0.2, 0.25) is 5.91 Å². The number of hydrogen-bond acceptors (Lipinski definition) is 4. The molecule has 0 bridgehead atoms. The van der Waals surface area contributed by atoms with Crippen molar-refractivity contribution in [1.29, 1.82) is 0 Å². The SMILES string of the molecule is Cc1ncn(CC(=O)N2CCOCC(CO)C2)c1C. The lowest BCUT2D eigenvalue weighted by Gasteiger charge is -2.23. The van der Waals surface area contributed by atoms with Crippen molar-refractivity contribution in [2.24, 2.45) is 5.92 Å². The first-order valence-corrected chi connectivity index (χ1v) is 6.56. The van der Waals surface area contributed by atoms with E-state index in [2.05, 4.69) is 4.98 Å². The summed E-state index contributed by atoms with van der Waals surface area (Å²) in [5.41, 5.74) is 1.96. The fourth-order valence-corrected chi connectivity index (χ4v) is 2.17. The summed E-state index contributed by atoms with van der Waals surface area (Å²) in [6, 6.07) is 0. The van der Waals surface area contributed by atoms with E-state index in [9.17, 15) is 9.90 Å². The Hall–Kier alpha value is -1.40. The number of carbonyl (C=O) groups is 1. The van der Waals surface area contributed by atoms with Crippen LogP contribution in [0.25, 0.3) is 0 Å². The molecular weight excluding hydrogens is 246 g/mol. The molecule has 1 fully saturated rings. The Kier molecular flexibility index (Phi) is 4.55. The average molecular weight is 267 g/mol. The van der Waals surface area contributed by atoms with E-state index >= 15 is 0 Å². The summed E-state index contributed by atoms with van der Waals surface area (Å²) in [6.45, 7) is 6.42. The molecule has 0 spiro atoms. The predicted molar refractivity (Wildman–Crippen MR) is 69.7 cm³/mol. The number of hydrogen-bond donors (Lipinski definition) is 1. The molecular formula is C13H21N3O3. The van der Waals surface area contributed by atoms with Crippen LogP contribution in [0.5, 0.6) is 0 Å². The van der Waals surface area contributed by atoms with Crippen LogP contribution in [-0.2, 0) is 16.1 Å². The van der Waals surface area contributed by atoms with E-state index in [-0.39, 0.29) is 18.4 Å². The van der Waals surface area contributed by atoms with Gasteiger partial charge in [-0.3, -0.25) is 4.79 Å². The second-order valence-electron chi connectivity index (χ2n) is 5.01. The summed E-state index contributed by atoms with van der Waals surface area (Å²) in [5, 5.41) is 9.22. The first-order valence-electron chi connectivity index (χ1n) is 6.56. The minimum Gasteiger partial charge on any atom is -0.396 e. The summed E-state index contributed by atoms with van der Waals surface area (Å²) in [7, 11) is 0. The highest BCUT2D eigenvalue weighted by Crippen LogP contribution is 2.09. The average Bonchev–Trinajstić information content (AvgIpc) is 2.63. The van der Waals surface area contributed by atoms with E-state index in [1.807, 2.05) is 18.4 Å². The van der Waals surface area contributed by atoms with Crippen LogP contribution in [0.4, 0.5) is 0 Å². The van der Waals surface area contributed by atoms with Gasteiger partial charge in [-0.1, -0.05) is 0 Å². The van der Waals surface area contributed by atoms with Gasteiger partial charge >= 0.3 is 0 Å². The summed E-state index contributed by atoms with van der Waals surface area (Å²) in [4.78, 5) is 18.2. The number of aliphatic hydroxyl groups excluding tert-OH is 1. The summed E-state index contributed by atoms with van der Waals surface area (Å²) in [5.74, 6) is 0.0570. The van der Waals surface area contributed by atoms with Crippen molar-refractivity contribution in [3.8, 4) is 0 Å².